The molecule has 1 aromatic carbocycles. The van der Waals surface area contributed by atoms with Gasteiger partial charge in [-0.15, -0.1) is 0 Å². The van der Waals surface area contributed by atoms with Crippen molar-refractivity contribution in [1.29, 1.82) is 0 Å². The smallest absolute Gasteiger partial charge is 0.256 e. The Labute approximate surface area is 156 Å². The molecule has 5 nitrogen and oxygen atoms in total. The van der Waals surface area contributed by atoms with Crippen LogP contribution in [0.2, 0.25) is 5.02 Å². The van der Waals surface area contributed by atoms with Crippen molar-refractivity contribution in [3.8, 4) is 5.75 Å². The highest BCUT2D eigenvalue weighted by atomic mass is 35.5. The van der Waals surface area contributed by atoms with Crippen LogP contribution in [0.1, 0.15) is 47.0 Å². The molecule has 6 heteroatoms. The van der Waals surface area contributed by atoms with E-state index in [0.717, 1.165) is 12.8 Å². The fourth-order valence-corrected chi connectivity index (χ4v) is 2.49. The van der Waals surface area contributed by atoms with E-state index in [1.165, 1.54) is 0 Å². The summed E-state index contributed by atoms with van der Waals surface area (Å²) in [6.45, 7) is 8.28. The molecule has 1 N–H and O–H groups in total. The molecule has 0 radical (unpaired) electrons. The maximum Gasteiger partial charge on any atom is 0.256 e. The number of carbonyl (C=O) groups excluding carboxylic acids is 1. The highest BCUT2D eigenvalue weighted by molar-refractivity contribution is 6.32. The molecular weight excluding hydrogens is 342 g/mol. The van der Waals surface area contributed by atoms with Gasteiger partial charge in [0.25, 0.3) is 5.91 Å². The van der Waals surface area contributed by atoms with Gasteiger partial charge in [0.2, 0.25) is 0 Å². The topological polar surface area (TPSA) is 56.8 Å². The van der Waals surface area contributed by atoms with Crippen LogP contribution >= 0.6 is 11.6 Å². The van der Waals surface area contributed by atoms with Crippen LogP contribution < -0.4 is 10.1 Å². The second kappa shape index (κ2) is 9.41. The lowest BCUT2D eigenvalue weighted by atomic mass is 9.99. The molecule has 0 aromatic heterocycles. The van der Waals surface area contributed by atoms with Crippen LogP contribution in [0.5, 0.6) is 5.75 Å². The number of halogens is 1. The summed E-state index contributed by atoms with van der Waals surface area (Å²) in [5.41, 5.74) is -0.495. The molecule has 0 aliphatic rings. The minimum absolute atomic E-state index is 0.191. The van der Waals surface area contributed by atoms with Crippen LogP contribution in [-0.2, 0) is 14.3 Å². The molecule has 0 saturated carbocycles. The molecule has 1 atom stereocenters. The van der Waals surface area contributed by atoms with Gasteiger partial charge in [0, 0.05) is 26.3 Å². The second-order valence-electron chi connectivity index (χ2n) is 6.85. The van der Waals surface area contributed by atoms with Gasteiger partial charge in [-0.3, -0.25) is 4.79 Å². The zero-order chi connectivity index (χ0) is 19.1. The van der Waals surface area contributed by atoms with Gasteiger partial charge >= 0.3 is 0 Å². The number of benzene rings is 1. The van der Waals surface area contributed by atoms with Gasteiger partial charge in [0.15, 0.2) is 0 Å². The zero-order valence-corrected chi connectivity index (χ0v) is 16.8. The summed E-state index contributed by atoms with van der Waals surface area (Å²) in [7, 11) is 3.22. The molecule has 0 unspecified atom stereocenters. The Kier molecular flexibility index (Phi) is 8.19. The fourth-order valence-electron chi connectivity index (χ4n) is 2.25. The first-order valence-electron chi connectivity index (χ1n) is 8.51. The lowest BCUT2D eigenvalue weighted by Gasteiger charge is -2.26. The van der Waals surface area contributed by atoms with Gasteiger partial charge in [0.05, 0.1) is 17.2 Å². The summed E-state index contributed by atoms with van der Waals surface area (Å²) in [5, 5.41) is 3.30. The van der Waals surface area contributed by atoms with Crippen LogP contribution in [0.3, 0.4) is 0 Å². The average Bonchev–Trinajstić information content (AvgIpc) is 2.56. The van der Waals surface area contributed by atoms with E-state index in [1.807, 2.05) is 20.8 Å². The molecule has 25 heavy (non-hydrogen) atoms. The summed E-state index contributed by atoms with van der Waals surface area (Å²) in [4.78, 5) is 12.4. The first kappa shape index (κ1) is 21.7. The summed E-state index contributed by atoms with van der Waals surface area (Å²) in [6, 6.07) is 5.20. The van der Waals surface area contributed by atoms with Gasteiger partial charge in [-0.2, -0.15) is 0 Å². The Hall–Kier alpha value is -1.30. The minimum Gasteiger partial charge on any atom is -0.492 e. The fraction of sp³-hybridized carbons (Fsp3) is 0.632. The van der Waals surface area contributed by atoms with Gasteiger partial charge in [0.1, 0.15) is 11.4 Å². The quantitative estimate of drug-likeness (QED) is 0.648. The van der Waals surface area contributed by atoms with Crippen LogP contribution in [-0.4, -0.2) is 37.9 Å². The summed E-state index contributed by atoms with van der Waals surface area (Å²) in [5.74, 6) is 0.387. The standard InChI is InChI=1S/C19H30ClNO4/c1-7-10-19(4,24-6)17(22)21-14-8-9-16(15(20)13-14)25-12-11-18(2,3)23-5/h8-9,13H,7,10-12H2,1-6H3,(H,21,22)/t19-/m1/s1. The highest BCUT2D eigenvalue weighted by Crippen LogP contribution is 2.29. The molecule has 1 rings (SSSR count). The van der Waals surface area contributed by atoms with Crippen molar-refractivity contribution in [2.24, 2.45) is 0 Å². The lowest BCUT2D eigenvalue weighted by molar-refractivity contribution is -0.136. The molecule has 0 spiro atoms. The largest absolute Gasteiger partial charge is 0.492 e. The third-order valence-electron chi connectivity index (χ3n) is 4.36. The monoisotopic (exact) mass is 371 g/mol. The number of ether oxygens (including phenoxy) is 3. The predicted molar refractivity (Wildman–Crippen MR) is 102 cm³/mol. The Balaban J connectivity index is 2.71. The van der Waals surface area contributed by atoms with Crippen LogP contribution in [0.4, 0.5) is 5.69 Å². The zero-order valence-electron chi connectivity index (χ0n) is 16.1. The van der Waals surface area contributed by atoms with E-state index in [-0.39, 0.29) is 11.5 Å². The van der Waals surface area contributed by atoms with Crippen molar-refractivity contribution in [3.63, 3.8) is 0 Å². The van der Waals surface area contributed by atoms with E-state index in [2.05, 4.69) is 5.32 Å². The van der Waals surface area contributed by atoms with Crippen molar-refractivity contribution in [1.82, 2.24) is 0 Å². The number of anilines is 1. The van der Waals surface area contributed by atoms with Gasteiger partial charge < -0.3 is 19.5 Å². The van der Waals surface area contributed by atoms with Crippen LogP contribution in [0, 0.1) is 0 Å². The molecule has 0 fully saturated rings. The summed E-state index contributed by atoms with van der Waals surface area (Å²) in [6.07, 6.45) is 2.23. The van der Waals surface area contributed by atoms with Crippen molar-refractivity contribution in [3.05, 3.63) is 23.2 Å². The number of rotatable bonds is 10. The average molecular weight is 372 g/mol. The highest BCUT2D eigenvalue weighted by Gasteiger charge is 2.32. The molecule has 0 saturated heterocycles. The molecule has 0 bridgehead atoms. The molecule has 0 heterocycles. The van der Waals surface area contributed by atoms with E-state index in [4.69, 9.17) is 25.8 Å². The Morgan fingerprint density at radius 3 is 2.36 bits per heavy atom. The Bertz CT molecular complexity index is 577. The lowest BCUT2D eigenvalue weighted by Crippen LogP contribution is -2.41. The molecule has 142 valence electrons. The molecular formula is C19H30ClNO4. The van der Waals surface area contributed by atoms with Gasteiger partial charge in [-0.1, -0.05) is 24.9 Å². The van der Waals surface area contributed by atoms with Crippen molar-refractivity contribution >= 4 is 23.2 Å². The van der Waals surface area contributed by atoms with Crippen molar-refractivity contribution in [2.75, 3.05) is 26.1 Å². The normalized spacial score (nSPS) is 14.0. The molecule has 1 aromatic rings. The van der Waals surface area contributed by atoms with E-state index >= 15 is 0 Å². The molecule has 0 aliphatic heterocycles. The van der Waals surface area contributed by atoms with E-state index in [9.17, 15) is 4.79 Å². The first-order valence-corrected chi connectivity index (χ1v) is 8.89. The Morgan fingerprint density at radius 1 is 1.16 bits per heavy atom. The number of carbonyl (C=O) groups is 1. The van der Waals surface area contributed by atoms with Gasteiger partial charge in [-0.25, -0.2) is 0 Å². The summed E-state index contributed by atoms with van der Waals surface area (Å²) < 4.78 is 16.5. The molecule has 1 amide bonds. The van der Waals surface area contributed by atoms with Crippen molar-refractivity contribution < 1.29 is 19.0 Å². The number of hydrogen-bond acceptors (Lipinski definition) is 4. The van der Waals surface area contributed by atoms with Crippen LogP contribution in [0.25, 0.3) is 0 Å². The number of amides is 1. The maximum atomic E-state index is 12.4. The van der Waals surface area contributed by atoms with E-state index < -0.39 is 5.60 Å². The third-order valence-corrected chi connectivity index (χ3v) is 4.66. The Morgan fingerprint density at radius 2 is 1.84 bits per heavy atom. The van der Waals surface area contributed by atoms with Gasteiger partial charge in [-0.05, 0) is 45.4 Å². The van der Waals surface area contributed by atoms with Crippen molar-refractivity contribution in [2.45, 2.75) is 58.2 Å². The molecule has 0 aliphatic carbocycles. The SMILES string of the molecule is CCC[C@@](C)(OC)C(=O)Nc1ccc(OCCC(C)(C)OC)c(Cl)c1. The number of nitrogens with one attached hydrogen (secondary N) is 1. The second-order valence-corrected chi connectivity index (χ2v) is 7.25. The minimum atomic E-state index is -0.859. The number of hydrogen-bond donors (Lipinski definition) is 1. The van der Waals surface area contributed by atoms with Crippen LogP contribution in [0.15, 0.2) is 18.2 Å². The number of methoxy groups -OCH3 is 2. The summed E-state index contributed by atoms with van der Waals surface area (Å²) >= 11 is 6.27. The predicted octanol–water partition coefficient (Wildman–Crippen LogP) is 4.68. The third kappa shape index (κ3) is 6.49. The maximum absolute atomic E-state index is 12.4. The van der Waals surface area contributed by atoms with E-state index in [1.54, 1.807) is 39.3 Å². The first-order chi connectivity index (χ1) is 11.7. The van der Waals surface area contributed by atoms with E-state index in [0.29, 0.717) is 29.5 Å².